The van der Waals surface area contributed by atoms with Crippen molar-refractivity contribution in [3.63, 3.8) is 0 Å². The van der Waals surface area contributed by atoms with Crippen molar-refractivity contribution in [3.05, 3.63) is 46.8 Å². The van der Waals surface area contributed by atoms with Gasteiger partial charge < -0.3 is 15.0 Å². The SMILES string of the molecule is CSc1nc2nc(C)c(CC(=O)Nc3cccc(CN(C)C(=O)OC(C)(C)C)c3)c(C)n2n1. The van der Waals surface area contributed by atoms with Crippen molar-refractivity contribution in [1.82, 2.24) is 24.5 Å². The van der Waals surface area contributed by atoms with Gasteiger partial charge in [-0.2, -0.15) is 4.98 Å². The average Bonchev–Trinajstić information content (AvgIpc) is 3.13. The predicted octanol–water partition coefficient (Wildman–Crippen LogP) is 4.01. The zero-order chi connectivity index (χ0) is 24.3. The normalized spacial score (nSPS) is 11.5. The number of ether oxygens (including phenoxy) is 1. The number of anilines is 1. The van der Waals surface area contributed by atoms with E-state index in [0.717, 1.165) is 22.5 Å². The third kappa shape index (κ3) is 6.22. The van der Waals surface area contributed by atoms with Crippen LogP contribution in [0.3, 0.4) is 0 Å². The number of nitrogens with one attached hydrogen (secondary N) is 1. The van der Waals surface area contributed by atoms with Gasteiger partial charge in [-0.25, -0.2) is 14.3 Å². The molecule has 2 amide bonds. The van der Waals surface area contributed by atoms with Gasteiger partial charge in [0.15, 0.2) is 0 Å². The molecule has 33 heavy (non-hydrogen) atoms. The molecule has 0 saturated heterocycles. The molecule has 3 aromatic rings. The fourth-order valence-electron chi connectivity index (χ4n) is 3.32. The van der Waals surface area contributed by atoms with E-state index in [1.807, 2.05) is 65.1 Å². The predicted molar refractivity (Wildman–Crippen MR) is 129 cm³/mol. The molecular formula is C23H30N6O3S. The topological polar surface area (TPSA) is 102 Å². The van der Waals surface area contributed by atoms with E-state index in [1.165, 1.54) is 16.7 Å². The van der Waals surface area contributed by atoms with Crippen LogP contribution in [0.15, 0.2) is 29.4 Å². The third-order valence-electron chi connectivity index (χ3n) is 4.89. The Morgan fingerprint density at radius 1 is 1.21 bits per heavy atom. The molecule has 176 valence electrons. The van der Waals surface area contributed by atoms with Crippen molar-refractivity contribution in [2.24, 2.45) is 0 Å². The van der Waals surface area contributed by atoms with Gasteiger partial charge in [0.1, 0.15) is 5.60 Å². The van der Waals surface area contributed by atoms with E-state index in [0.29, 0.717) is 23.2 Å². The van der Waals surface area contributed by atoms with Crippen molar-refractivity contribution >= 4 is 35.2 Å². The van der Waals surface area contributed by atoms with Gasteiger partial charge in [-0.15, -0.1) is 5.10 Å². The van der Waals surface area contributed by atoms with Crippen molar-refractivity contribution < 1.29 is 14.3 Å². The number of hydrogen-bond acceptors (Lipinski definition) is 7. The highest BCUT2D eigenvalue weighted by Gasteiger charge is 2.20. The quantitative estimate of drug-likeness (QED) is 0.543. The van der Waals surface area contributed by atoms with Gasteiger partial charge in [-0.1, -0.05) is 23.9 Å². The molecule has 1 N–H and O–H groups in total. The van der Waals surface area contributed by atoms with E-state index in [2.05, 4.69) is 20.4 Å². The molecule has 0 saturated carbocycles. The number of aromatic nitrogens is 4. The van der Waals surface area contributed by atoms with Crippen LogP contribution in [0.25, 0.3) is 5.78 Å². The fraction of sp³-hybridized carbons (Fsp3) is 0.435. The molecule has 0 fully saturated rings. The summed E-state index contributed by atoms with van der Waals surface area (Å²) >= 11 is 1.45. The fourth-order valence-corrected chi connectivity index (χ4v) is 3.66. The number of nitrogens with zero attached hydrogens (tertiary/aromatic N) is 5. The standard InChI is InChI=1S/C23H30N6O3S/c1-14-18(15(2)29-20(24-14)26-21(27-29)33-7)12-19(30)25-17-10-8-9-16(11-17)13-28(6)22(31)32-23(3,4)5/h8-11H,12-13H2,1-7H3,(H,25,30). The van der Waals surface area contributed by atoms with Crippen LogP contribution in [-0.2, 0) is 22.5 Å². The summed E-state index contributed by atoms with van der Waals surface area (Å²) < 4.78 is 7.07. The number of fused-ring (bicyclic) bond motifs is 1. The van der Waals surface area contributed by atoms with Crippen LogP contribution in [0, 0.1) is 13.8 Å². The molecule has 0 radical (unpaired) electrons. The Labute approximate surface area is 197 Å². The second-order valence-electron chi connectivity index (χ2n) is 8.83. The molecule has 0 aliphatic carbocycles. The van der Waals surface area contributed by atoms with E-state index in [1.54, 1.807) is 11.6 Å². The number of thioether (sulfide) groups is 1. The Kier molecular flexibility index (Phi) is 7.26. The summed E-state index contributed by atoms with van der Waals surface area (Å²) in [5.74, 6) is 0.366. The largest absolute Gasteiger partial charge is 0.444 e. The van der Waals surface area contributed by atoms with Crippen LogP contribution in [-0.4, -0.2) is 55.4 Å². The summed E-state index contributed by atoms with van der Waals surface area (Å²) in [7, 11) is 1.68. The lowest BCUT2D eigenvalue weighted by atomic mass is 10.1. The van der Waals surface area contributed by atoms with Crippen molar-refractivity contribution in [2.45, 2.75) is 58.3 Å². The molecule has 2 aromatic heterocycles. The second-order valence-corrected chi connectivity index (χ2v) is 9.61. The first-order valence-corrected chi connectivity index (χ1v) is 11.8. The summed E-state index contributed by atoms with van der Waals surface area (Å²) in [5.41, 5.74) is 3.39. The van der Waals surface area contributed by atoms with Crippen LogP contribution in [0.2, 0.25) is 0 Å². The zero-order valence-corrected chi connectivity index (χ0v) is 20.9. The lowest BCUT2D eigenvalue weighted by molar-refractivity contribution is -0.115. The molecule has 0 aliphatic heterocycles. The molecule has 9 nitrogen and oxygen atoms in total. The van der Waals surface area contributed by atoms with Crippen molar-refractivity contribution in [3.8, 4) is 0 Å². The van der Waals surface area contributed by atoms with Gasteiger partial charge in [0, 0.05) is 36.2 Å². The molecule has 0 spiro atoms. The molecule has 0 aliphatic rings. The number of hydrogen-bond donors (Lipinski definition) is 1. The summed E-state index contributed by atoms with van der Waals surface area (Å²) in [6.07, 6.45) is 1.67. The summed E-state index contributed by atoms with van der Waals surface area (Å²) in [6.45, 7) is 9.64. The summed E-state index contributed by atoms with van der Waals surface area (Å²) in [4.78, 5) is 35.4. The van der Waals surface area contributed by atoms with E-state index < -0.39 is 11.7 Å². The Morgan fingerprint density at radius 2 is 1.94 bits per heavy atom. The number of aryl methyl sites for hydroxylation is 2. The third-order valence-corrected chi connectivity index (χ3v) is 5.42. The first-order chi connectivity index (χ1) is 15.5. The molecule has 0 unspecified atom stereocenters. The van der Waals surface area contributed by atoms with Gasteiger partial charge >= 0.3 is 6.09 Å². The van der Waals surface area contributed by atoms with Crippen LogP contribution >= 0.6 is 11.8 Å². The Bertz CT molecular complexity index is 1180. The van der Waals surface area contributed by atoms with Gasteiger partial charge in [0.25, 0.3) is 5.78 Å². The molecule has 1 aromatic carbocycles. The minimum Gasteiger partial charge on any atom is -0.444 e. The van der Waals surface area contributed by atoms with Crippen LogP contribution in [0.1, 0.15) is 43.3 Å². The first-order valence-electron chi connectivity index (χ1n) is 10.6. The minimum atomic E-state index is -0.557. The zero-order valence-electron chi connectivity index (χ0n) is 20.1. The van der Waals surface area contributed by atoms with Gasteiger partial charge in [-0.05, 0) is 58.6 Å². The first kappa shape index (κ1) is 24.5. The van der Waals surface area contributed by atoms with E-state index in [4.69, 9.17) is 4.74 Å². The number of carbonyl (C=O) groups excluding carboxylic acids is 2. The summed E-state index contributed by atoms with van der Waals surface area (Å²) in [6, 6.07) is 7.41. The molecule has 0 bridgehead atoms. The van der Waals surface area contributed by atoms with Crippen LogP contribution in [0.4, 0.5) is 10.5 Å². The number of benzene rings is 1. The minimum absolute atomic E-state index is 0.162. The molecule has 10 heteroatoms. The van der Waals surface area contributed by atoms with Gasteiger partial charge in [0.05, 0.1) is 6.42 Å². The van der Waals surface area contributed by atoms with E-state index in [-0.39, 0.29) is 12.3 Å². The van der Waals surface area contributed by atoms with Gasteiger partial charge in [-0.3, -0.25) is 4.79 Å². The lowest BCUT2D eigenvalue weighted by Crippen LogP contribution is -2.33. The number of amides is 2. The highest BCUT2D eigenvalue weighted by Crippen LogP contribution is 2.19. The maximum atomic E-state index is 12.8. The highest BCUT2D eigenvalue weighted by atomic mass is 32.2. The van der Waals surface area contributed by atoms with E-state index in [9.17, 15) is 9.59 Å². The average molecular weight is 471 g/mol. The highest BCUT2D eigenvalue weighted by molar-refractivity contribution is 7.98. The van der Waals surface area contributed by atoms with Crippen molar-refractivity contribution in [2.75, 3.05) is 18.6 Å². The molecule has 0 atom stereocenters. The molecule has 2 heterocycles. The maximum Gasteiger partial charge on any atom is 0.410 e. The smallest absolute Gasteiger partial charge is 0.410 e. The van der Waals surface area contributed by atoms with Crippen molar-refractivity contribution in [1.29, 1.82) is 0 Å². The Balaban J connectivity index is 1.70. The second kappa shape index (κ2) is 9.78. The molecular weight excluding hydrogens is 440 g/mol. The number of carbonyl (C=O) groups is 2. The Hall–Kier alpha value is -3.14. The monoisotopic (exact) mass is 470 g/mol. The van der Waals surface area contributed by atoms with Crippen LogP contribution in [0.5, 0.6) is 0 Å². The number of rotatable bonds is 6. The van der Waals surface area contributed by atoms with Gasteiger partial charge in [0.2, 0.25) is 11.1 Å². The maximum absolute atomic E-state index is 12.8. The summed E-state index contributed by atoms with van der Waals surface area (Å²) in [5, 5.41) is 8.01. The van der Waals surface area contributed by atoms with E-state index >= 15 is 0 Å². The van der Waals surface area contributed by atoms with Crippen LogP contribution < -0.4 is 5.32 Å². The molecule has 3 rings (SSSR count). The lowest BCUT2D eigenvalue weighted by Gasteiger charge is -2.24. The Morgan fingerprint density at radius 3 is 2.61 bits per heavy atom.